The molecule has 0 unspecified atom stereocenters. The molecule has 0 saturated heterocycles. The second-order valence-electron chi connectivity index (χ2n) is 1.30. The molecule has 0 aromatic heterocycles. The molecule has 0 aliphatic carbocycles. The predicted molar refractivity (Wildman–Crippen MR) is 55.9 cm³/mol. The van der Waals surface area contributed by atoms with Crippen molar-refractivity contribution in [1.29, 1.82) is 0 Å². The molecule has 0 radical (unpaired) electrons. The van der Waals surface area contributed by atoms with E-state index in [4.69, 9.17) is 52.6 Å². The van der Waals surface area contributed by atoms with Gasteiger partial charge in [-0.15, -0.1) is 0 Å². The molecule has 4 N–H and O–H groups in total. The van der Waals surface area contributed by atoms with E-state index < -0.39 is 31.2 Å². The quantitative estimate of drug-likeness (QED) is 0.152. The Bertz CT molecular complexity index is 343. The first kappa shape index (κ1) is 31.0. The van der Waals surface area contributed by atoms with Crippen molar-refractivity contribution in [2.75, 3.05) is 0 Å². The molecule has 12 nitrogen and oxygen atoms in total. The molecular formula is H8BaO12S3Si. The SMILES string of the molecule is O=S(=O)(O)O.O=S(=O)(O)O.O=S(=O)([O-])[O-].[Ba+2].[SiH4]. The van der Waals surface area contributed by atoms with E-state index in [1.54, 1.807) is 0 Å². The van der Waals surface area contributed by atoms with Crippen molar-refractivity contribution in [2.24, 2.45) is 0 Å². The Morgan fingerprint density at radius 1 is 0.647 bits per heavy atom. The summed E-state index contributed by atoms with van der Waals surface area (Å²) in [6.45, 7) is 0. The van der Waals surface area contributed by atoms with Crippen LogP contribution in [0.3, 0.4) is 0 Å². The van der Waals surface area contributed by atoms with Crippen molar-refractivity contribution < 1.29 is 52.6 Å². The Morgan fingerprint density at radius 3 is 0.647 bits per heavy atom. The van der Waals surface area contributed by atoms with Crippen molar-refractivity contribution >= 4 is 91.0 Å². The van der Waals surface area contributed by atoms with Crippen LogP contribution in [-0.4, -0.2) is 112 Å². The van der Waals surface area contributed by atoms with Gasteiger partial charge in [-0.1, -0.05) is 0 Å². The van der Waals surface area contributed by atoms with Gasteiger partial charge in [0.15, 0.2) is 0 Å². The summed E-state index contributed by atoms with van der Waals surface area (Å²) in [7, 11) is -14.5. The van der Waals surface area contributed by atoms with Gasteiger partial charge < -0.3 is 9.11 Å². The first-order chi connectivity index (χ1) is 6.00. The average Bonchev–Trinajstić information content (AvgIpc) is 1.41. The zero-order valence-corrected chi connectivity index (χ0v) is 13.9. The van der Waals surface area contributed by atoms with Crippen LogP contribution in [0, 0.1) is 0 Å². The molecule has 0 bridgehead atoms. The van der Waals surface area contributed by atoms with Crippen LogP contribution in [0.1, 0.15) is 0 Å². The minimum atomic E-state index is -5.17. The maximum absolute atomic E-state index is 8.74. The minimum absolute atomic E-state index is 0. The molecular weight excluding hydrogens is 454 g/mol. The normalized spacial score (nSPS) is 10.2. The first-order valence-electron chi connectivity index (χ1n) is 2.06. The van der Waals surface area contributed by atoms with Crippen molar-refractivity contribution in [3.63, 3.8) is 0 Å². The van der Waals surface area contributed by atoms with Gasteiger partial charge in [0, 0.05) is 10.4 Å². The van der Waals surface area contributed by atoms with Gasteiger partial charge in [-0.25, -0.2) is 0 Å². The van der Waals surface area contributed by atoms with Gasteiger partial charge in [0.25, 0.3) is 0 Å². The van der Waals surface area contributed by atoms with E-state index >= 15 is 0 Å². The molecule has 0 rings (SSSR count). The topological polar surface area (TPSA) is 229 Å². The second kappa shape index (κ2) is 12.4. The molecule has 0 aliphatic heterocycles. The molecule has 0 fully saturated rings. The Balaban J connectivity index is -0.0000000400. The van der Waals surface area contributed by atoms with Crippen LogP contribution in [0.2, 0.25) is 0 Å². The number of hydrogen-bond donors (Lipinski definition) is 4. The zero-order chi connectivity index (χ0) is 13.5. The monoisotopic (exact) mass is 462 g/mol. The molecule has 0 atom stereocenters. The van der Waals surface area contributed by atoms with Gasteiger partial charge in [0.05, 0.1) is 0 Å². The van der Waals surface area contributed by atoms with Gasteiger partial charge in [0.1, 0.15) is 0 Å². The minimum Gasteiger partial charge on any atom is -0.759 e. The van der Waals surface area contributed by atoms with Crippen LogP contribution in [0.15, 0.2) is 0 Å². The van der Waals surface area contributed by atoms with Gasteiger partial charge in [-0.05, 0) is 11.0 Å². The summed E-state index contributed by atoms with van der Waals surface area (Å²) in [6, 6.07) is 0. The van der Waals surface area contributed by atoms with Gasteiger partial charge in [-0.3, -0.25) is 26.6 Å². The van der Waals surface area contributed by atoms with Crippen LogP contribution < -0.4 is 0 Å². The second-order valence-corrected chi connectivity index (χ2v) is 3.91. The number of rotatable bonds is 0. The van der Waals surface area contributed by atoms with Crippen molar-refractivity contribution in [3.8, 4) is 0 Å². The molecule has 0 amide bonds. The third-order valence-corrected chi connectivity index (χ3v) is 0. The van der Waals surface area contributed by atoms with Crippen molar-refractivity contribution in [1.82, 2.24) is 0 Å². The van der Waals surface area contributed by atoms with Gasteiger partial charge in [0.2, 0.25) is 0 Å². The fourth-order valence-corrected chi connectivity index (χ4v) is 0. The summed E-state index contributed by atoms with van der Waals surface area (Å²) >= 11 is 0. The van der Waals surface area contributed by atoms with Gasteiger partial charge >= 0.3 is 69.7 Å². The fraction of sp³-hybridized carbons (Fsp3) is 0. The van der Waals surface area contributed by atoms with E-state index in [9.17, 15) is 0 Å². The third kappa shape index (κ3) is 2110. The smallest absolute Gasteiger partial charge is 0.759 e. The van der Waals surface area contributed by atoms with E-state index in [0.29, 0.717) is 0 Å². The maximum Gasteiger partial charge on any atom is 2.00 e. The molecule has 0 spiro atoms. The van der Waals surface area contributed by atoms with Crippen molar-refractivity contribution in [3.05, 3.63) is 0 Å². The molecule has 0 saturated carbocycles. The predicted octanol–water partition coefficient (Wildman–Crippen LogP) is -4.48. The third-order valence-electron chi connectivity index (χ3n) is 0. The van der Waals surface area contributed by atoms with Crippen LogP contribution in [-0.2, 0) is 31.2 Å². The summed E-state index contributed by atoms with van der Waals surface area (Å²) in [5.41, 5.74) is 0. The van der Waals surface area contributed by atoms with E-state index in [2.05, 4.69) is 0 Å². The maximum atomic E-state index is 8.74. The van der Waals surface area contributed by atoms with Crippen LogP contribution in [0.25, 0.3) is 0 Å². The summed E-state index contributed by atoms with van der Waals surface area (Å²) < 4.78 is 97.2. The van der Waals surface area contributed by atoms with Crippen LogP contribution in [0.4, 0.5) is 0 Å². The van der Waals surface area contributed by atoms with E-state index in [1.165, 1.54) is 0 Å². The Hall–Kier alpha value is 1.40. The van der Waals surface area contributed by atoms with Crippen LogP contribution in [0.5, 0.6) is 0 Å². The standard InChI is InChI=1S/Ba.3H2O4S.H4Si/c;3*1-5(2,3)4;/h;3*(H2,1,2,3,4);1H4/q+2;;;;/p-2. The van der Waals surface area contributed by atoms with E-state index in [-0.39, 0.29) is 59.8 Å². The summed E-state index contributed by atoms with van der Waals surface area (Å²) in [4.78, 5) is 0. The summed E-state index contributed by atoms with van der Waals surface area (Å²) in [6.07, 6.45) is 0. The molecule has 0 aromatic rings. The molecule has 17 heteroatoms. The molecule has 104 valence electrons. The molecule has 0 aliphatic rings. The zero-order valence-electron chi connectivity index (χ0n) is 6.99. The van der Waals surface area contributed by atoms with Crippen LogP contribution >= 0.6 is 0 Å². The Labute approximate surface area is 142 Å². The Morgan fingerprint density at radius 2 is 0.647 bits per heavy atom. The van der Waals surface area contributed by atoms with Gasteiger partial charge in [-0.2, -0.15) is 16.8 Å². The van der Waals surface area contributed by atoms with Crippen molar-refractivity contribution in [2.45, 2.75) is 0 Å². The van der Waals surface area contributed by atoms with E-state index in [1.807, 2.05) is 0 Å². The molecule has 0 heterocycles. The molecule has 17 heavy (non-hydrogen) atoms. The number of hydrogen-bond acceptors (Lipinski definition) is 8. The van der Waals surface area contributed by atoms with E-state index in [0.717, 1.165) is 0 Å². The fourth-order valence-electron chi connectivity index (χ4n) is 0. The summed E-state index contributed by atoms with van der Waals surface area (Å²) in [5, 5.41) is 0. The molecule has 0 aromatic carbocycles. The Kier molecular flexibility index (Phi) is 22.7. The average molecular weight is 462 g/mol. The summed E-state index contributed by atoms with van der Waals surface area (Å²) in [5.74, 6) is 0. The largest absolute Gasteiger partial charge is 2.00 e. The first-order valence-corrected chi connectivity index (χ1v) is 6.19.